The predicted molar refractivity (Wildman–Crippen MR) is 85.9 cm³/mol. The average Bonchev–Trinajstić information content (AvgIpc) is 3.23. The zero-order valence-electron chi connectivity index (χ0n) is 12.6. The van der Waals surface area contributed by atoms with Crippen molar-refractivity contribution in [2.45, 2.75) is 32.7 Å². The molecule has 3 aromatic rings. The van der Waals surface area contributed by atoms with Gasteiger partial charge in [0, 0.05) is 17.8 Å². The van der Waals surface area contributed by atoms with Crippen molar-refractivity contribution in [3.63, 3.8) is 0 Å². The Hall–Kier alpha value is -2.56. The summed E-state index contributed by atoms with van der Waals surface area (Å²) in [5, 5.41) is 3.67. The molecule has 1 aliphatic rings. The summed E-state index contributed by atoms with van der Waals surface area (Å²) >= 11 is 0. The third-order valence-electron chi connectivity index (χ3n) is 4.32. The van der Waals surface area contributed by atoms with Gasteiger partial charge in [-0.2, -0.15) is 0 Å². The fourth-order valence-electron chi connectivity index (χ4n) is 3.12. The highest BCUT2D eigenvalue weighted by molar-refractivity contribution is 5.80. The molecule has 1 aliphatic carbocycles. The molecular weight excluding hydrogens is 278 g/mol. The van der Waals surface area contributed by atoms with E-state index >= 15 is 0 Å². The molecule has 1 fully saturated rings. The minimum absolute atomic E-state index is 0.0369. The topological polar surface area (TPSA) is 59.8 Å². The first-order valence-corrected chi connectivity index (χ1v) is 7.50. The van der Waals surface area contributed by atoms with E-state index in [0.29, 0.717) is 10.9 Å². The molecule has 0 aliphatic heterocycles. The number of pyridine rings is 1. The van der Waals surface area contributed by atoms with Gasteiger partial charge in [0.05, 0.1) is 16.6 Å². The third-order valence-corrected chi connectivity index (χ3v) is 4.32. The van der Waals surface area contributed by atoms with Crippen LogP contribution in [0.4, 0.5) is 0 Å². The maximum Gasteiger partial charge on any atom is 0.280 e. The number of hydrogen-bond acceptors (Lipinski definition) is 2. The van der Waals surface area contributed by atoms with Gasteiger partial charge in [0.1, 0.15) is 0 Å². The predicted octanol–water partition coefficient (Wildman–Crippen LogP) is 2.43. The Morgan fingerprint density at radius 2 is 1.91 bits per heavy atom. The van der Waals surface area contributed by atoms with Crippen molar-refractivity contribution in [1.29, 1.82) is 0 Å². The molecular formula is C17H17N3O2. The summed E-state index contributed by atoms with van der Waals surface area (Å²) in [5.74, 6) is 0. The summed E-state index contributed by atoms with van der Waals surface area (Å²) in [5.41, 5.74) is 3.09. The molecule has 4 rings (SSSR count). The number of benzene rings is 1. The monoisotopic (exact) mass is 295 g/mol. The van der Waals surface area contributed by atoms with Crippen molar-refractivity contribution in [2.24, 2.45) is 0 Å². The highest BCUT2D eigenvalue weighted by Gasteiger charge is 2.27. The van der Waals surface area contributed by atoms with Crippen molar-refractivity contribution < 1.29 is 0 Å². The van der Waals surface area contributed by atoms with Crippen LogP contribution in [0.5, 0.6) is 0 Å². The molecule has 0 amide bonds. The van der Waals surface area contributed by atoms with Gasteiger partial charge >= 0.3 is 0 Å². The molecule has 2 aromatic heterocycles. The van der Waals surface area contributed by atoms with Crippen LogP contribution in [-0.4, -0.2) is 14.3 Å². The normalized spacial score (nSPS) is 14.6. The zero-order valence-corrected chi connectivity index (χ0v) is 12.6. The van der Waals surface area contributed by atoms with Gasteiger partial charge < -0.3 is 4.57 Å². The molecule has 1 saturated carbocycles. The van der Waals surface area contributed by atoms with Crippen LogP contribution in [0.3, 0.4) is 0 Å². The van der Waals surface area contributed by atoms with Gasteiger partial charge in [-0.1, -0.05) is 12.1 Å². The van der Waals surface area contributed by atoms with Crippen LogP contribution in [0.2, 0.25) is 0 Å². The number of rotatable bonds is 2. The Bertz CT molecular complexity index is 1000. The van der Waals surface area contributed by atoms with Crippen molar-refractivity contribution in [3.05, 3.63) is 62.3 Å². The fourth-order valence-corrected chi connectivity index (χ4v) is 3.12. The maximum atomic E-state index is 12.8. The van der Waals surface area contributed by atoms with Gasteiger partial charge in [0.2, 0.25) is 0 Å². The number of hydrogen-bond donors (Lipinski definition) is 1. The van der Waals surface area contributed by atoms with E-state index in [-0.39, 0.29) is 17.2 Å². The van der Waals surface area contributed by atoms with E-state index in [2.05, 4.69) is 5.10 Å². The minimum Gasteiger partial charge on any atom is -0.309 e. The molecule has 0 unspecified atom stereocenters. The van der Waals surface area contributed by atoms with Crippen molar-refractivity contribution in [2.75, 3.05) is 0 Å². The van der Waals surface area contributed by atoms with Gasteiger partial charge in [-0.3, -0.25) is 14.7 Å². The third kappa shape index (κ3) is 1.85. The highest BCUT2D eigenvalue weighted by Crippen LogP contribution is 2.35. The van der Waals surface area contributed by atoms with Crippen molar-refractivity contribution in [1.82, 2.24) is 14.3 Å². The van der Waals surface area contributed by atoms with Crippen LogP contribution in [0, 0.1) is 13.8 Å². The largest absolute Gasteiger partial charge is 0.309 e. The summed E-state index contributed by atoms with van der Waals surface area (Å²) < 4.78 is 3.28. The molecule has 0 saturated heterocycles. The maximum absolute atomic E-state index is 12.8. The number of nitrogens with one attached hydrogen (secondary N) is 1. The second-order valence-corrected chi connectivity index (χ2v) is 6.05. The summed E-state index contributed by atoms with van der Waals surface area (Å²) in [6.07, 6.45) is 2.03. The van der Waals surface area contributed by atoms with Gasteiger partial charge in [0.15, 0.2) is 0 Å². The number of fused-ring (bicyclic) bond motifs is 1. The summed E-state index contributed by atoms with van der Waals surface area (Å²) in [4.78, 5) is 25.1. The van der Waals surface area contributed by atoms with Gasteiger partial charge in [-0.15, -0.1) is 0 Å². The number of nitrogens with zero attached hydrogens (tertiary/aromatic N) is 2. The molecule has 112 valence electrons. The quantitative estimate of drug-likeness (QED) is 0.789. The molecule has 1 aromatic carbocycles. The molecule has 0 atom stereocenters. The van der Waals surface area contributed by atoms with Crippen molar-refractivity contribution in [3.8, 4) is 5.69 Å². The summed E-state index contributed by atoms with van der Waals surface area (Å²) in [7, 11) is 0. The van der Waals surface area contributed by atoms with Crippen molar-refractivity contribution >= 4 is 10.9 Å². The lowest BCUT2D eigenvalue weighted by atomic mass is 10.2. The molecule has 0 bridgehead atoms. The lowest BCUT2D eigenvalue weighted by Crippen LogP contribution is -2.22. The number of aryl methyl sites for hydroxylation is 2. The first kappa shape index (κ1) is 13.1. The second-order valence-electron chi connectivity index (χ2n) is 6.05. The van der Waals surface area contributed by atoms with Crippen LogP contribution in [0.25, 0.3) is 16.6 Å². The van der Waals surface area contributed by atoms with E-state index in [1.807, 2.05) is 38.1 Å². The van der Waals surface area contributed by atoms with E-state index in [1.54, 1.807) is 4.57 Å². The van der Waals surface area contributed by atoms with E-state index in [0.717, 1.165) is 29.8 Å². The molecule has 1 N–H and O–H groups in total. The number of H-pyrrole nitrogens is 1. The SMILES string of the molecule is Cc1cccc(-n2[nH]c3cc(=O)n(C4CC4)c(C)c3c2=O)c1. The molecule has 22 heavy (non-hydrogen) atoms. The van der Waals surface area contributed by atoms with Crippen LogP contribution in [0.1, 0.15) is 30.1 Å². The van der Waals surface area contributed by atoms with E-state index in [9.17, 15) is 9.59 Å². The highest BCUT2D eigenvalue weighted by atomic mass is 16.1. The molecule has 0 spiro atoms. The van der Waals surface area contributed by atoms with Gasteiger partial charge in [0.25, 0.3) is 11.1 Å². The first-order chi connectivity index (χ1) is 10.6. The number of aromatic nitrogens is 3. The summed E-state index contributed by atoms with van der Waals surface area (Å²) in [6.45, 7) is 3.84. The minimum atomic E-state index is -0.104. The second kappa shape index (κ2) is 4.47. The Morgan fingerprint density at radius 1 is 1.14 bits per heavy atom. The lowest BCUT2D eigenvalue weighted by molar-refractivity contribution is 0.689. The Balaban J connectivity index is 2.04. The smallest absolute Gasteiger partial charge is 0.280 e. The van der Waals surface area contributed by atoms with Crippen LogP contribution >= 0.6 is 0 Å². The molecule has 5 nitrogen and oxygen atoms in total. The average molecular weight is 295 g/mol. The standard InChI is InChI=1S/C17H17N3O2/c1-10-4-3-5-13(8-10)20-17(22)16-11(2)19(12-6-7-12)15(21)9-14(16)18-20/h3-5,8-9,12,18H,6-7H2,1-2H3. The lowest BCUT2D eigenvalue weighted by Gasteiger charge is -2.07. The Morgan fingerprint density at radius 3 is 2.59 bits per heavy atom. The van der Waals surface area contributed by atoms with Crippen LogP contribution < -0.4 is 11.1 Å². The van der Waals surface area contributed by atoms with Gasteiger partial charge in [-0.25, -0.2) is 4.68 Å². The van der Waals surface area contributed by atoms with E-state index in [4.69, 9.17) is 0 Å². The van der Waals surface area contributed by atoms with Crippen LogP contribution in [-0.2, 0) is 0 Å². The molecule has 2 heterocycles. The Labute approximate surface area is 126 Å². The van der Waals surface area contributed by atoms with Gasteiger partial charge in [-0.05, 0) is 44.4 Å². The summed E-state index contributed by atoms with van der Waals surface area (Å²) in [6, 6.07) is 9.52. The van der Waals surface area contributed by atoms with Crippen LogP contribution in [0.15, 0.2) is 39.9 Å². The molecule has 5 heteroatoms. The van der Waals surface area contributed by atoms with E-state index in [1.165, 1.54) is 10.7 Å². The fraction of sp³-hybridized carbons (Fsp3) is 0.294. The number of aromatic amines is 1. The Kier molecular flexibility index (Phi) is 2.66. The van der Waals surface area contributed by atoms with E-state index < -0.39 is 0 Å². The first-order valence-electron chi connectivity index (χ1n) is 7.50. The molecule has 0 radical (unpaired) electrons. The zero-order chi connectivity index (χ0) is 15.4.